The van der Waals surface area contributed by atoms with Crippen LogP contribution in [0.3, 0.4) is 0 Å². The zero-order valence-electron chi connectivity index (χ0n) is 21.3. The highest BCUT2D eigenvalue weighted by Crippen LogP contribution is 2.30. The Morgan fingerprint density at radius 2 is 1.76 bits per heavy atom. The third kappa shape index (κ3) is 8.73. The van der Waals surface area contributed by atoms with Crippen molar-refractivity contribution < 1.29 is 4.79 Å². The lowest BCUT2D eigenvalue weighted by Crippen LogP contribution is -2.17. The smallest absolute Gasteiger partial charge is 0.195 e. The molecule has 3 heteroatoms. The molecule has 0 fully saturated rings. The van der Waals surface area contributed by atoms with Crippen molar-refractivity contribution in [2.75, 3.05) is 25.5 Å². The number of aryl methyl sites for hydroxylation is 1. The van der Waals surface area contributed by atoms with Gasteiger partial charge in [-0.05, 0) is 51.6 Å². The molecule has 1 heterocycles. The summed E-state index contributed by atoms with van der Waals surface area (Å²) in [5.41, 5.74) is 5.66. The maximum absolute atomic E-state index is 13.2. The van der Waals surface area contributed by atoms with Gasteiger partial charge in [-0.2, -0.15) is 0 Å². The molecule has 178 valence electrons. The van der Waals surface area contributed by atoms with E-state index in [-0.39, 0.29) is 5.78 Å². The van der Waals surface area contributed by atoms with Gasteiger partial charge in [0.25, 0.3) is 0 Å². The summed E-state index contributed by atoms with van der Waals surface area (Å²) in [5, 5.41) is 2.75. The molecule has 0 aliphatic carbocycles. The van der Waals surface area contributed by atoms with E-state index in [2.05, 4.69) is 53.4 Å². The number of hydrogen-bond acceptors (Lipinski definition) is 3. The Kier molecular flexibility index (Phi) is 13.4. The number of rotatable bonds is 6. The van der Waals surface area contributed by atoms with Crippen molar-refractivity contribution in [3.63, 3.8) is 0 Å². The lowest BCUT2D eigenvalue weighted by Gasteiger charge is -2.17. The summed E-state index contributed by atoms with van der Waals surface area (Å²) >= 11 is 0. The van der Waals surface area contributed by atoms with E-state index in [0.717, 1.165) is 36.2 Å². The summed E-state index contributed by atoms with van der Waals surface area (Å²) < 4.78 is 0. The third-order valence-corrected chi connectivity index (χ3v) is 4.95. The number of Topliss-reactive ketones (excluding diaryl/α,β-unsaturated/α-hetero) is 1. The molecule has 0 spiro atoms. The number of nitrogens with zero attached hydrogens (tertiary/aromatic N) is 1. The van der Waals surface area contributed by atoms with Crippen LogP contribution in [0.4, 0.5) is 5.69 Å². The van der Waals surface area contributed by atoms with Crippen molar-refractivity contribution in [3.05, 3.63) is 114 Å². The van der Waals surface area contributed by atoms with Crippen molar-refractivity contribution in [1.29, 1.82) is 0 Å². The standard InChI is InChI=1S/C24H23NO.C5H8.C2H7N/c1-4-8-19(5-2)22(24(26)21-13-11-18(3)12-14-21)17-25-16-15-20-9-6-7-10-23(20)25;1-3-5-4-2;1-3-2/h4-14,17H,1-2,15-16H2,3H3;3H2,1-2H3;3H,1-2H3/b19-8+,22-17+;;. The first-order valence-corrected chi connectivity index (χ1v) is 11.6. The molecule has 0 amide bonds. The Morgan fingerprint density at radius 1 is 1.12 bits per heavy atom. The molecule has 1 N–H and O–H groups in total. The SMILES string of the molecule is C=C/C=C(C=C)/C(=C\N1CCc2ccccc21)C(=O)c1ccc(C)cc1.CC#CCC.CNC. The van der Waals surface area contributed by atoms with Gasteiger partial charge in [-0.1, -0.05) is 86.3 Å². The quantitative estimate of drug-likeness (QED) is 0.229. The molecule has 0 unspecified atom stereocenters. The number of allylic oxidation sites excluding steroid dienone is 5. The minimum absolute atomic E-state index is 0.0117. The van der Waals surface area contributed by atoms with Crippen molar-refractivity contribution in [3.8, 4) is 11.8 Å². The molecule has 0 atom stereocenters. The number of fused-ring (bicyclic) bond motifs is 1. The Bertz CT molecular complexity index is 1060. The lowest BCUT2D eigenvalue weighted by molar-refractivity contribution is 0.103. The summed E-state index contributed by atoms with van der Waals surface area (Å²) in [7, 11) is 3.75. The van der Waals surface area contributed by atoms with Gasteiger partial charge in [0.05, 0.1) is 0 Å². The van der Waals surface area contributed by atoms with Crippen LogP contribution in [-0.4, -0.2) is 26.4 Å². The van der Waals surface area contributed by atoms with Crippen LogP contribution >= 0.6 is 0 Å². The van der Waals surface area contributed by atoms with E-state index in [4.69, 9.17) is 0 Å². The van der Waals surface area contributed by atoms with Gasteiger partial charge in [-0.25, -0.2) is 0 Å². The lowest BCUT2D eigenvalue weighted by atomic mass is 9.96. The number of carbonyl (C=O) groups is 1. The van der Waals surface area contributed by atoms with Gasteiger partial charge in [0, 0.05) is 36.0 Å². The van der Waals surface area contributed by atoms with E-state index >= 15 is 0 Å². The van der Waals surface area contributed by atoms with Crippen LogP contribution in [0.1, 0.15) is 41.8 Å². The second kappa shape index (κ2) is 16.1. The van der Waals surface area contributed by atoms with E-state index in [1.807, 2.05) is 77.5 Å². The molecule has 2 aromatic carbocycles. The van der Waals surface area contributed by atoms with E-state index in [9.17, 15) is 4.79 Å². The minimum atomic E-state index is -0.0117. The van der Waals surface area contributed by atoms with Crippen LogP contribution in [0.2, 0.25) is 0 Å². The predicted molar refractivity (Wildman–Crippen MR) is 148 cm³/mol. The first-order chi connectivity index (χ1) is 16.5. The Labute approximate surface area is 206 Å². The topological polar surface area (TPSA) is 32.3 Å². The molecule has 0 aromatic heterocycles. The van der Waals surface area contributed by atoms with Crippen LogP contribution in [0.15, 0.2) is 97.3 Å². The van der Waals surface area contributed by atoms with Crippen molar-refractivity contribution in [1.82, 2.24) is 5.32 Å². The monoisotopic (exact) mass is 454 g/mol. The zero-order valence-corrected chi connectivity index (χ0v) is 21.3. The number of para-hydroxylation sites is 1. The molecule has 0 bridgehead atoms. The highest BCUT2D eigenvalue weighted by Gasteiger charge is 2.21. The molecule has 3 nitrogen and oxygen atoms in total. The fourth-order valence-corrected chi connectivity index (χ4v) is 3.35. The van der Waals surface area contributed by atoms with E-state index < -0.39 is 0 Å². The maximum Gasteiger partial charge on any atom is 0.195 e. The summed E-state index contributed by atoms with van der Waals surface area (Å²) in [4.78, 5) is 15.4. The van der Waals surface area contributed by atoms with Crippen LogP contribution in [0, 0.1) is 18.8 Å². The first kappa shape index (κ1) is 28.4. The summed E-state index contributed by atoms with van der Waals surface area (Å²) in [5.74, 6) is 5.62. The summed E-state index contributed by atoms with van der Waals surface area (Å²) in [6, 6.07) is 16.0. The van der Waals surface area contributed by atoms with Crippen molar-refractivity contribution in [2.24, 2.45) is 0 Å². The molecule has 2 aromatic rings. The molecule has 1 aliphatic rings. The van der Waals surface area contributed by atoms with Gasteiger partial charge in [-0.15, -0.1) is 11.8 Å². The van der Waals surface area contributed by atoms with Gasteiger partial charge in [0.1, 0.15) is 0 Å². The minimum Gasteiger partial charge on any atom is -0.347 e. The van der Waals surface area contributed by atoms with Crippen LogP contribution in [0.5, 0.6) is 0 Å². The van der Waals surface area contributed by atoms with Crippen LogP contribution in [-0.2, 0) is 6.42 Å². The molecule has 3 rings (SSSR count). The number of nitrogens with one attached hydrogen (secondary N) is 1. The summed E-state index contributed by atoms with van der Waals surface area (Å²) in [6.45, 7) is 14.4. The molecule has 34 heavy (non-hydrogen) atoms. The molecular weight excluding hydrogens is 416 g/mol. The van der Waals surface area contributed by atoms with Gasteiger partial charge in [0.2, 0.25) is 0 Å². The fraction of sp³-hybridized carbons (Fsp3) is 0.258. The molecule has 0 saturated carbocycles. The Balaban J connectivity index is 0.000000629. The normalized spacial score (nSPS) is 12.1. The highest BCUT2D eigenvalue weighted by molar-refractivity contribution is 6.12. The average molecular weight is 455 g/mol. The molecule has 1 aliphatic heterocycles. The number of ketones is 1. The Hall–Kier alpha value is -3.61. The second-order valence-electron chi connectivity index (χ2n) is 7.65. The molecular formula is C31H38N2O. The Morgan fingerprint density at radius 3 is 2.29 bits per heavy atom. The number of hydrogen-bond donors (Lipinski definition) is 1. The largest absolute Gasteiger partial charge is 0.347 e. The fourth-order valence-electron chi connectivity index (χ4n) is 3.35. The van der Waals surface area contributed by atoms with Crippen molar-refractivity contribution in [2.45, 2.75) is 33.6 Å². The van der Waals surface area contributed by atoms with Crippen molar-refractivity contribution >= 4 is 11.5 Å². The molecule has 0 saturated heterocycles. The zero-order chi connectivity index (χ0) is 25.3. The second-order valence-corrected chi connectivity index (χ2v) is 7.65. The first-order valence-electron chi connectivity index (χ1n) is 11.6. The molecule has 0 radical (unpaired) electrons. The van der Waals surface area contributed by atoms with Gasteiger partial charge in [-0.3, -0.25) is 4.79 Å². The average Bonchev–Trinajstić information content (AvgIpc) is 3.26. The van der Waals surface area contributed by atoms with Gasteiger partial charge < -0.3 is 10.2 Å². The number of benzene rings is 2. The predicted octanol–water partition coefficient (Wildman–Crippen LogP) is 6.68. The van der Waals surface area contributed by atoms with E-state index in [1.54, 1.807) is 12.2 Å². The van der Waals surface area contributed by atoms with E-state index in [1.165, 1.54) is 5.56 Å². The van der Waals surface area contributed by atoms with Gasteiger partial charge >= 0.3 is 0 Å². The van der Waals surface area contributed by atoms with E-state index in [0.29, 0.717) is 11.1 Å². The number of carbonyl (C=O) groups excluding carboxylic acids is 1. The number of anilines is 1. The van der Waals surface area contributed by atoms with Crippen LogP contribution in [0.25, 0.3) is 0 Å². The van der Waals surface area contributed by atoms with Gasteiger partial charge in [0.15, 0.2) is 5.78 Å². The summed E-state index contributed by atoms with van der Waals surface area (Å²) in [6.07, 6.45) is 9.13. The maximum atomic E-state index is 13.2. The third-order valence-electron chi connectivity index (χ3n) is 4.95. The van der Waals surface area contributed by atoms with Crippen LogP contribution < -0.4 is 10.2 Å². The highest BCUT2D eigenvalue weighted by atomic mass is 16.1.